The molecule has 1 aliphatic rings. The van der Waals surface area contributed by atoms with Crippen LogP contribution >= 0.6 is 23.4 Å². The van der Waals surface area contributed by atoms with E-state index in [0.717, 1.165) is 16.0 Å². The number of nitrogens with one attached hydrogen (secondary N) is 1. The minimum atomic E-state index is -0.266. The molecule has 0 bridgehead atoms. The van der Waals surface area contributed by atoms with Gasteiger partial charge in [0.2, 0.25) is 0 Å². The average Bonchev–Trinajstić information content (AvgIpc) is 2.53. The Hall–Kier alpha value is -1.65. The maximum absolute atomic E-state index is 11.4. The van der Waals surface area contributed by atoms with Crippen LogP contribution in [0, 0.1) is 0 Å². The third-order valence-corrected chi connectivity index (χ3v) is 4.64. The second-order valence-corrected chi connectivity index (χ2v) is 5.98. The molecule has 3 rings (SSSR count). The Bertz CT molecular complexity index is 690. The molecular formula is C16H14ClNO2S. The van der Waals surface area contributed by atoms with Gasteiger partial charge in [0.1, 0.15) is 5.75 Å². The first-order valence-corrected chi connectivity index (χ1v) is 8.18. The van der Waals surface area contributed by atoms with Gasteiger partial charge in [-0.2, -0.15) is 0 Å². The number of halogens is 1. The molecule has 0 radical (unpaired) electrons. The summed E-state index contributed by atoms with van der Waals surface area (Å²) in [5, 5.41) is 2.54. The highest BCUT2D eigenvalue weighted by Gasteiger charge is 2.20. The summed E-state index contributed by atoms with van der Waals surface area (Å²) in [7, 11) is 0. The molecule has 0 aromatic heterocycles. The minimum absolute atomic E-state index is 0.0615. The van der Waals surface area contributed by atoms with Crippen molar-refractivity contribution in [3.8, 4) is 5.75 Å². The number of anilines is 1. The molecule has 0 spiro atoms. The van der Waals surface area contributed by atoms with Crippen molar-refractivity contribution in [3.63, 3.8) is 0 Å². The number of ether oxygens (including phenoxy) is 1. The van der Waals surface area contributed by atoms with Crippen LogP contribution in [0.4, 0.5) is 5.69 Å². The van der Waals surface area contributed by atoms with Crippen LogP contribution in [0.2, 0.25) is 0 Å². The Kier molecular flexibility index (Phi) is 4.08. The molecule has 1 unspecified atom stereocenters. The predicted octanol–water partition coefficient (Wildman–Crippen LogP) is 4.07. The summed E-state index contributed by atoms with van der Waals surface area (Å²) < 4.78 is 5.36. The fourth-order valence-electron chi connectivity index (χ4n) is 2.31. The number of rotatable bonds is 3. The Morgan fingerprint density at radius 1 is 1.29 bits per heavy atom. The maximum atomic E-state index is 11.4. The van der Waals surface area contributed by atoms with E-state index < -0.39 is 0 Å². The van der Waals surface area contributed by atoms with Gasteiger partial charge in [-0.05, 0) is 35.6 Å². The molecule has 0 fully saturated rings. The first-order valence-electron chi connectivity index (χ1n) is 6.52. The molecule has 3 nitrogen and oxygen atoms in total. The number of thioether (sulfide) groups is 1. The molecule has 5 heteroatoms. The number of alkyl halides is 1. The normalized spacial score (nSPS) is 14.9. The highest BCUT2D eigenvalue weighted by molar-refractivity contribution is 7.98. The lowest BCUT2D eigenvalue weighted by atomic mass is 10.0. The Balaban J connectivity index is 1.96. The van der Waals surface area contributed by atoms with Gasteiger partial charge in [0, 0.05) is 4.90 Å². The van der Waals surface area contributed by atoms with Crippen LogP contribution in [0.3, 0.4) is 0 Å². The molecule has 0 saturated heterocycles. The van der Waals surface area contributed by atoms with Crippen molar-refractivity contribution in [1.29, 1.82) is 0 Å². The quantitative estimate of drug-likeness (QED) is 0.684. The van der Waals surface area contributed by atoms with Gasteiger partial charge in [0.15, 0.2) is 6.61 Å². The van der Waals surface area contributed by atoms with E-state index in [-0.39, 0.29) is 17.9 Å². The summed E-state index contributed by atoms with van der Waals surface area (Å²) in [6.45, 7) is 0.0615. The topological polar surface area (TPSA) is 38.3 Å². The van der Waals surface area contributed by atoms with E-state index in [9.17, 15) is 4.79 Å². The monoisotopic (exact) mass is 319 g/mol. The van der Waals surface area contributed by atoms with E-state index in [1.54, 1.807) is 11.8 Å². The van der Waals surface area contributed by atoms with Gasteiger partial charge in [-0.1, -0.05) is 24.3 Å². The zero-order chi connectivity index (χ0) is 14.8. The first kappa shape index (κ1) is 14.3. The molecule has 1 aliphatic heterocycles. The van der Waals surface area contributed by atoms with Gasteiger partial charge in [-0.25, -0.2) is 0 Å². The lowest BCUT2D eigenvalue weighted by molar-refractivity contribution is -0.118. The fraction of sp³-hybridized carbons (Fsp3) is 0.188. The largest absolute Gasteiger partial charge is 0.482 e. The van der Waals surface area contributed by atoms with Crippen molar-refractivity contribution in [1.82, 2.24) is 0 Å². The van der Waals surface area contributed by atoms with Gasteiger partial charge in [0.05, 0.1) is 11.1 Å². The predicted molar refractivity (Wildman–Crippen MR) is 86.5 cm³/mol. The number of hydrogen-bond acceptors (Lipinski definition) is 3. The third-order valence-electron chi connectivity index (χ3n) is 3.34. The summed E-state index contributed by atoms with van der Waals surface area (Å²) in [5.41, 5.74) is 2.67. The van der Waals surface area contributed by atoms with E-state index in [0.29, 0.717) is 11.4 Å². The number of carbonyl (C=O) groups is 1. The lowest BCUT2D eigenvalue weighted by Gasteiger charge is -2.20. The SMILES string of the molecule is CSc1ccccc1C(Cl)c1ccc2c(c1)NC(=O)CO2. The minimum Gasteiger partial charge on any atom is -0.482 e. The van der Waals surface area contributed by atoms with E-state index in [2.05, 4.69) is 11.4 Å². The van der Waals surface area contributed by atoms with Crippen LogP contribution in [0.25, 0.3) is 0 Å². The molecule has 0 aliphatic carbocycles. The lowest BCUT2D eigenvalue weighted by Crippen LogP contribution is -2.25. The molecule has 1 heterocycles. The van der Waals surface area contributed by atoms with Crippen LogP contribution in [-0.4, -0.2) is 18.8 Å². The van der Waals surface area contributed by atoms with Gasteiger partial charge >= 0.3 is 0 Å². The summed E-state index contributed by atoms with van der Waals surface area (Å²) >= 11 is 8.30. The van der Waals surface area contributed by atoms with Crippen molar-refractivity contribution in [2.24, 2.45) is 0 Å². The fourth-order valence-corrected chi connectivity index (χ4v) is 3.34. The molecule has 2 aromatic rings. The zero-order valence-corrected chi connectivity index (χ0v) is 13.0. The average molecular weight is 320 g/mol. The number of benzene rings is 2. The molecule has 1 amide bonds. The highest BCUT2D eigenvalue weighted by Crippen LogP contribution is 2.38. The van der Waals surface area contributed by atoms with Crippen LogP contribution in [0.15, 0.2) is 47.4 Å². The van der Waals surface area contributed by atoms with E-state index in [1.807, 2.05) is 42.7 Å². The Morgan fingerprint density at radius 3 is 2.90 bits per heavy atom. The van der Waals surface area contributed by atoms with Crippen molar-refractivity contribution >= 4 is 35.0 Å². The van der Waals surface area contributed by atoms with Crippen molar-refractivity contribution in [3.05, 3.63) is 53.6 Å². The van der Waals surface area contributed by atoms with Gasteiger partial charge in [0.25, 0.3) is 5.91 Å². The molecule has 1 N–H and O–H groups in total. The number of amides is 1. The van der Waals surface area contributed by atoms with Gasteiger partial charge in [-0.3, -0.25) is 4.79 Å². The highest BCUT2D eigenvalue weighted by atomic mass is 35.5. The number of hydrogen-bond donors (Lipinski definition) is 1. The first-order chi connectivity index (χ1) is 10.2. The zero-order valence-electron chi connectivity index (χ0n) is 11.4. The summed E-state index contributed by atoms with van der Waals surface area (Å²) in [4.78, 5) is 12.6. The molecule has 0 saturated carbocycles. The smallest absolute Gasteiger partial charge is 0.262 e. The summed E-state index contributed by atoms with van der Waals surface area (Å²) in [5.74, 6) is 0.538. The van der Waals surface area contributed by atoms with E-state index >= 15 is 0 Å². The van der Waals surface area contributed by atoms with Crippen molar-refractivity contribution in [2.75, 3.05) is 18.2 Å². The van der Waals surface area contributed by atoms with Crippen LogP contribution < -0.4 is 10.1 Å². The maximum Gasteiger partial charge on any atom is 0.262 e. The molecule has 21 heavy (non-hydrogen) atoms. The summed E-state index contributed by atoms with van der Waals surface area (Å²) in [6, 6.07) is 13.7. The Morgan fingerprint density at radius 2 is 2.10 bits per heavy atom. The van der Waals surface area contributed by atoms with Crippen molar-refractivity contribution < 1.29 is 9.53 Å². The van der Waals surface area contributed by atoms with E-state index in [4.69, 9.17) is 16.3 Å². The number of carbonyl (C=O) groups excluding carboxylic acids is 1. The Labute approximate surface area is 132 Å². The summed E-state index contributed by atoms with van der Waals surface area (Å²) in [6.07, 6.45) is 2.03. The molecule has 108 valence electrons. The molecule has 2 aromatic carbocycles. The molecular weight excluding hydrogens is 306 g/mol. The van der Waals surface area contributed by atoms with E-state index in [1.165, 1.54) is 0 Å². The second-order valence-electron chi connectivity index (χ2n) is 4.70. The van der Waals surface area contributed by atoms with Crippen LogP contribution in [-0.2, 0) is 4.79 Å². The van der Waals surface area contributed by atoms with Crippen molar-refractivity contribution in [2.45, 2.75) is 10.3 Å². The second kappa shape index (κ2) is 6.00. The standard InChI is InChI=1S/C16H14ClNO2S/c1-21-14-5-3-2-4-11(14)16(17)10-6-7-13-12(8-10)18-15(19)9-20-13/h2-8,16H,9H2,1H3,(H,18,19). The van der Waals surface area contributed by atoms with Crippen LogP contribution in [0.1, 0.15) is 16.5 Å². The molecule has 1 atom stereocenters. The van der Waals surface area contributed by atoms with Crippen LogP contribution in [0.5, 0.6) is 5.75 Å². The van der Waals surface area contributed by atoms with Gasteiger partial charge < -0.3 is 10.1 Å². The number of fused-ring (bicyclic) bond motifs is 1. The third kappa shape index (κ3) is 2.87. The van der Waals surface area contributed by atoms with Gasteiger partial charge in [-0.15, -0.1) is 23.4 Å².